The molecule has 9 nitrogen and oxygen atoms in total. The SMILES string of the molecule is Cc1ccccc1C(=O)Oc1ccc(Br)cc1C=NNC(=O)C(C)Oc1ccccc1[N+](=O)[O-]. The lowest BCUT2D eigenvalue weighted by Gasteiger charge is -2.13. The van der Waals surface area contributed by atoms with Crippen molar-refractivity contribution >= 4 is 39.7 Å². The first-order valence-electron chi connectivity index (χ1n) is 10.1. The Labute approximate surface area is 203 Å². The number of ether oxygens (including phenoxy) is 2. The highest BCUT2D eigenvalue weighted by molar-refractivity contribution is 9.10. The number of hydrazone groups is 1. The number of nitrogens with zero attached hydrogens (tertiary/aromatic N) is 2. The number of nitro groups is 1. The van der Waals surface area contributed by atoms with Gasteiger partial charge in [-0.15, -0.1) is 0 Å². The number of nitro benzene ring substituents is 1. The Morgan fingerprint density at radius 1 is 1.09 bits per heavy atom. The monoisotopic (exact) mass is 525 g/mol. The molecule has 34 heavy (non-hydrogen) atoms. The molecule has 3 aromatic rings. The van der Waals surface area contributed by atoms with Gasteiger partial charge in [0.2, 0.25) is 0 Å². The molecule has 1 unspecified atom stereocenters. The zero-order valence-electron chi connectivity index (χ0n) is 18.2. The van der Waals surface area contributed by atoms with Gasteiger partial charge in [-0.2, -0.15) is 5.10 Å². The molecular weight excluding hydrogens is 506 g/mol. The number of para-hydroxylation sites is 2. The quantitative estimate of drug-likeness (QED) is 0.148. The number of esters is 1. The lowest BCUT2D eigenvalue weighted by Crippen LogP contribution is -2.33. The first-order valence-corrected chi connectivity index (χ1v) is 10.9. The number of rotatable bonds is 8. The Morgan fingerprint density at radius 3 is 2.53 bits per heavy atom. The normalized spacial score (nSPS) is 11.6. The van der Waals surface area contributed by atoms with Crippen molar-refractivity contribution in [3.63, 3.8) is 0 Å². The van der Waals surface area contributed by atoms with Gasteiger partial charge in [-0.25, -0.2) is 10.2 Å². The third-order valence-corrected chi connectivity index (χ3v) is 5.15. The molecule has 1 atom stereocenters. The molecule has 3 aromatic carbocycles. The van der Waals surface area contributed by atoms with Gasteiger partial charge in [0, 0.05) is 16.1 Å². The minimum Gasteiger partial charge on any atom is -0.474 e. The third-order valence-electron chi connectivity index (χ3n) is 4.65. The third kappa shape index (κ3) is 6.26. The number of carbonyl (C=O) groups excluding carboxylic acids is 2. The average molecular weight is 526 g/mol. The van der Waals surface area contributed by atoms with E-state index < -0.39 is 22.9 Å². The van der Waals surface area contributed by atoms with E-state index in [1.807, 2.05) is 19.1 Å². The van der Waals surface area contributed by atoms with E-state index in [9.17, 15) is 19.7 Å². The summed E-state index contributed by atoms with van der Waals surface area (Å²) < 4.78 is 11.7. The largest absolute Gasteiger partial charge is 0.474 e. The number of carbonyl (C=O) groups is 2. The van der Waals surface area contributed by atoms with Crippen LogP contribution >= 0.6 is 15.9 Å². The van der Waals surface area contributed by atoms with Crippen LogP contribution in [0.3, 0.4) is 0 Å². The maximum absolute atomic E-state index is 12.6. The van der Waals surface area contributed by atoms with Gasteiger partial charge in [0.1, 0.15) is 5.75 Å². The molecule has 0 aliphatic heterocycles. The second-order valence-electron chi connectivity index (χ2n) is 7.11. The molecule has 0 aromatic heterocycles. The molecule has 0 spiro atoms. The van der Waals surface area contributed by atoms with Crippen molar-refractivity contribution in [2.75, 3.05) is 0 Å². The molecule has 0 saturated carbocycles. The summed E-state index contributed by atoms with van der Waals surface area (Å²) in [6.45, 7) is 3.25. The van der Waals surface area contributed by atoms with E-state index >= 15 is 0 Å². The maximum Gasteiger partial charge on any atom is 0.343 e. The molecule has 3 rings (SSSR count). The maximum atomic E-state index is 12.6. The molecule has 0 aliphatic rings. The van der Waals surface area contributed by atoms with Crippen molar-refractivity contribution in [1.82, 2.24) is 5.43 Å². The Kier molecular flexibility index (Phi) is 8.10. The highest BCUT2D eigenvalue weighted by atomic mass is 79.9. The fraction of sp³-hybridized carbons (Fsp3) is 0.125. The second kappa shape index (κ2) is 11.2. The van der Waals surface area contributed by atoms with E-state index in [1.165, 1.54) is 31.3 Å². The van der Waals surface area contributed by atoms with Crippen molar-refractivity contribution in [1.29, 1.82) is 0 Å². The molecule has 0 radical (unpaired) electrons. The van der Waals surface area contributed by atoms with Gasteiger partial charge in [0.05, 0.1) is 16.7 Å². The highest BCUT2D eigenvalue weighted by Gasteiger charge is 2.20. The van der Waals surface area contributed by atoms with Crippen LogP contribution < -0.4 is 14.9 Å². The van der Waals surface area contributed by atoms with Crippen LogP contribution in [0.2, 0.25) is 0 Å². The molecule has 0 saturated heterocycles. The van der Waals surface area contributed by atoms with Crippen molar-refractivity contribution < 1.29 is 24.0 Å². The molecule has 0 aliphatic carbocycles. The summed E-state index contributed by atoms with van der Waals surface area (Å²) in [4.78, 5) is 35.5. The lowest BCUT2D eigenvalue weighted by molar-refractivity contribution is -0.386. The summed E-state index contributed by atoms with van der Waals surface area (Å²) in [7, 11) is 0. The smallest absolute Gasteiger partial charge is 0.343 e. The van der Waals surface area contributed by atoms with E-state index in [2.05, 4.69) is 26.5 Å². The highest BCUT2D eigenvalue weighted by Crippen LogP contribution is 2.27. The van der Waals surface area contributed by atoms with Gasteiger partial charge in [0.15, 0.2) is 11.9 Å². The first-order chi connectivity index (χ1) is 16.3. The fourth-order valence-electron chi connectivity index (χ4n) is 2.88. The van der Waals surface area contributed by atoms with E-state index in [4.69, 9.17) is 9.47 Å². The molecule has 10 heteroatoms. The van der Waals surface area contributed by atoms with Gasteiger partial charge in [-0.3, -0.25) is 14.9 Å². The molecule has 0 fully saturated rings. The van der Waals surface area contributed by atoms with E-state index in [1.54, 1.807) is 36.4 Å². The van der Waals surface area contributed by atoms with E-state index in [0.717, 1.165) is 5.56 Å². The number of nitrogens with one attached hydrogen (secondary N) is 1. The van der Waals surface area contributed by atoms with Gasteiger partial charge in [-0.1, -0.05) is 46.3 Å². The van der Waals surface area contributed by atoms with Crippen molar-refractivity contribution in [2.45, 2.75) is 20.0 Å². The number of aryl methyl sites for hydroxylation is 1. The second-order valence-corrected chi connectivity index (χ2v) is 8.02. The molecule has 0 heterocycles. The predicted molar refractivity (Wildman–Crippen MR) is 129 cm³/mol. The molecule has 174 valence electrons. The number of hydrogen-bond donors (Lipinski definition) is 1. The van der Waals surface area contributed by atoms with Crippen LogP contribution in [-0.4, -0.2) is 29.1 Å². The Hall–Kier alpha value is -4.05. The van der Waals surface area contributed by atoms with Crippen LogP contribution in [0.1, 0.15) is 28.4 Å². The van der Waals surface area contributed by atoms with Crippen molar-refractivity contribution in [2.24, 2.45) is 5.10 Å². The molecule has 1 amide bonds. The minimum absolute atomic E-state index is 0.0310. The fourth-order valence-corrected chi connectivity index (χ4v) is 3.26. The zero-order valence-corrected chi connectivity index (χ0v) is 19.8. The summed E-state index contributed by atoms with van der Waals surface area (Å²) in [5.41, 5.74) is 3.72. The first kappa shape index (κ1) is 24.6. The van der Waals surface area contributed by atoms with Gasteiger partial charge < -0.3 is 9.47 Å². The van der Waals surface area contributed by atoms with E-state index in [0.29, 0.717) is 15.6 Å². The summed E-state index contributed by atoms with van der Waals surface area (Å²) in [5.74, 6) is -0.927. The minimum atomic E-state index is -1.06. The van der Waals surface area contributed by atoms with Crippen LogP contribution in [-0.2, 0) is 4.79 Å². The van der Waals surface area contributed by atoms with Gasteiger partial charge >= 0.3 is 11.7 Å². The Balaban J connectivity index is 1.69. The zero-order chi connectivity index (χ0) is 24.7. The Morgan fingerprint density at radius 2 is 1.79 bits per heavy atom. The number of benzene rings is 3. The van der Waals surface area contributed by atoms with Crippen LogP contribution in [0, 0.1) is 17.0 Å². The predicted octanol–water partition coefficient (Wildman–Crippen LogP) is 4.80. The van der Waals surface area contributed by atoms with Crippen LogP contribution in [0.15, 0.2) is 76.3 Å². The van der Waals surface area contributed by atoms with Crippen LogP contribution in [0.25, 0.3) is 0 Å². The van der Waals surface area contributed by atoms with Gasteiger partial charge in [-0.05, 0) is 49.7 Å². The number of hydrogen-bond acceptors (Lipinski definition) is 7. The topological polar surface area (TPSA) is 120 Å². The molecular formula is C24H20BrN3O6. The molecule has 0 bridgehead atoms. The number of amides is 1. The standard InChI is InChI=1S/C24H20BrN3O6/c1-15-7-3-4-8-19(15)24(30)34-21-12-11-18(25)13-17(21)14-26-27-23(29)16(2)33-22-10-6-5-9-20(22)28(31)32/h3-14,16H,1-2H3,(H,27,29). The van der Waals surface area contributed by atoms with E-state index in [-0.39, 0.29) is 17.2 Å². The van der Waals surface area contributed by atoms with Crippen LogP contribution in [0.5, 0.6) is 11.5 Å². The van der Waals surface area contributed by atoms with Crippen LogP contribution in [0.4, 0.5) is 5.69 Å². The lowest BCUT2D eigenvalue weighted by atomic mass is 10.1. The van der Waals surface area contributed by atoms with Gasteiger partial charge in [0.25, 0.3) is 5.91 Å². The number of halogens is 1. The van der Waals surface area contributed by atoms with Crippen molar-refractivity contribution in [3.05, 3.63) is 98.0 Å². The summed E-state index contributed by atoms with van der Waals surface area (Å²) >= 11 is 3.35. The Bertz CT molecular complexity index is 1260. The van der Waals surface area contributed by atoms with Crippen molar-refractivity contribution in [3.8, 4) is 11.5 Å². The summed E-state index contributed by atoms with van der Waals surface area (Å²) in [5, 5.41) is 15.0. The summed E-state index contributed by atoms with van der Waals surface area (Å²) in [6, 6.07) is 17.8. The average Bonchev–Trinajstić information content (AvgIpc) is 2.81. The molecule has 1 N–H and O–H groups in total. The summed E-state index contributed by atoms with van der Waals surface area (Å²) in [6.07, 6.45) is 0.264.